The van der Waals surface area contributed by atoms with Crippen molar-refractivity contribution in [1.82, 2.24) is 25.1 Å². The number of benzene rings is 2. The van der Waals surface area contributed by atoms with Gasteiger partial charge in [0.25, 0.3) is 5.91 Å². The molecule has 9 nitrogen and oxygen atoms in total. The van der Waals surface area contributed by atoms with E-state index in [1.807, 2.05) is 35.7 Å². The topological polar surface area (TPSA) is 111 Å². The molecule has 4 rings (SSSR count). The maximum atomic E-state index is 12.4. The summed E-state index contributed by atoms with van der Waals surface area (Å²) in [6.07, 6.45) is 0. The van der Waals surface area contributed by atoms with Gasteiger partial charge in [-0.05, 0) is 24.3 Å². The number of anilines is 1. The van der Waals surface area contributed by atoms with E-state index in [2.05, 4.69) is 25.8 Å². The number of hydrogen-bond donors (Lipinski definition) is 2. The summed E-state index contributed by atoms with van der Waals surface area (Å²) >= 11 is 2.64. The van der Waals surface area contributed by atoms with Crippen LogP contribution in [0.1, 0.15) is 16.2 Å². The Kier molecular flexibility index (Phi) is 7.55. The Balaban J connectivity index is 1.27. The predicted molar refractivity (Wildman–Crippen MR) is 132 cm³/mol. The zero-order valence-corrected chi connectivity index (χ0v) is 20.2. The fraction of sp³-hybridized carbons (Fsp3) is 0.174. The standard InChI is InChI=1S/C23H22N6O3S2/c1-29-19(12-24-21(31)16-8-10-17(32-2)11-9-16)27-28-23(29)34-14-20(30)26-22-25-18(13-33-22)15-6-4-3-5-7-15/h3-11,13H,12,14H2,1-2H3,(H,24,31)(H,25,26,30). The Labute approximate surface area is 204 Å². The van der Waals surface area contributed by atoms with Crippen molar-refractivity contribution in [2.24, 2.45) is 7.05 Å². The Bertz CT molecular complexity index is 1270. The van der Waals surface area contributed by atoms with Crippen LogP contribution in [-0.2, 0) is 18.4 Å². The van der Waals surface area contributed by atoms with E-state index in [0.717, 1.165) is 11.3 Å². The molecule has 34 heavy (non-hydrogen) atoms. The van der Waals surface area contributed by atoms with Crippen molar-refractivity contribution in [3.8, 4) is 17.0 Å². The van der Waals surface area contributed by atoms with Gasteiger partial charge in [-0.25, -0.2) is 4.98 Å². The maximum absolute atomic E-state index is 12.4. The van der Waals surface area contributed by atoms with E-state index in [4.69, 9.17) is 4.74 Å². The van der Waals surface area contributed by atoms with Gasteiger partial charge in [0.05, 0.1) is 25.1 Å². The maximum Gasteiger partial charge on any atom is 0.251 e. The lowest BCUT2D eigenvalue weighted by Crippen LogP contribution is -2.24. The van der Waals surface area contributed by atoms with Crippen LogP contribution in [0.15, 0.2) is 65.1 Å². The molecule has 0 aliphatic rings. The first kappa shape index (κ1) is 23.5. The average molecular weight is 495 g/mol. The Morgan fingerprint density at radius 1 is 1.09 bits per heavy atom. The molecule has 0 aliphatic heterocycles. The molecule has 0 saturated carbocycles. The predicted octanol–water partition coefficient (Wildman–Crippen LogP) is 3.61. The first-order valence-electron chi connectivity index (χ1n) is 10.3. The summed E-state index contributed by atoms with van der Waals surface area (Å²) in [6, 6.07) is 16.6. The second kappa shape index (κ2) is 10.9. The highest BCUT2D eigenvalue weighted by Gasteiger charge is 2.14. The van der Waals surface area contributed by atoms with Gasteiger partial charge in [-0.1, -0.05) is 42.1 Å². The summed E-state index contributed by atoms with van der Waals surface area (Å²) in [5.74, 6) is 1.01. The highest BCUT2D eigenvalue weighted by molar-refractivity contribution is 7.99. The molecule has 2 aromatic heterocycles. The van der Waals surface area contributed by atoms with Gasteiger partial charge in [0.2, 0.25) is 5.91 Å². The second-order valence-corrected chi connectivity index (χ2v) is 8.91. The summed E-state index contributed by atoms with van der Waals surface area (Å²) in [6.45, 7) is 0.211. The molecule has 2 aromatic carbocycles. The number of carbonyl (C=O) groups is 2. The third kappa shape index (κ3) is 5.80. The molecular formula is C23H22N6O3S2. The SMILES string of the molecule is COc1ccc(C(=O)NCc2nnc(SCC(=O)Nc3nc(-c4ccccc4)cs3)n2C)cc1. The largest absolute Gasteiger partial charge is 0.497 e. The van der Waals surface area contributed by atoms with Crippen LogP contribution in [0.4, 0.5) is 5.13 Å². The van der Waals surface area contributed by atoms with E-state index < -0.39 is 0 Å². The molecule has 0 radical (unpaired) electrons. The first-order chi connectivity index (χ1) is 16.5. The second-order valence-electron chi connectivity index (χ2n) is 7.11. The molecule has 2 heterocycles. The molecule has 0 fully saturated rings. The third-order valence-electron chi connectivity index (χ3n) is 4.84. The van der Waals surface area contributed by atoms with Crippen molar-refractivity contribution in [3.05, 3.63) is 71.4 Å². The zero-order chi connectivity index (χ0) is 23.9. The number of thioether (sulfide) groups is 1. The van der Waals surface area contributed by atoms with Gasteiger partial charge in [-0.2, -0.15) is 0 Å². The molecule has 0 unspecified atom stereocenters. The van der Waals surface area contributed by atoms with E-state index in [1.54, 1.807) is 43.0 Å². The lowest BCUT2D eigenvalue weighted by molar-refractivity contribution is -0.113. The summed E-state index contributed by atoms with van der Waals surface area (Å²) in [5.41, 5.74) is 2.34. The smallest absolute Gasteiger partial charge is 0.251 e. The number of aromatic nitrogens is 4. The average Bonchev–Trinajstić information content (AvgIpc) is 3.48. The van der Waals surface area contributed by atoms with Gasteiger partial charge in [0, 0.05) is 23.6 Å². The highest BCUT2D eigenvalue weighted by Crippen LogP contribution is 2.25. The number of amides is 2. The highest BCUT2D eigenvalue weighted by atomic mass is 32.2. The van der Waals surface area contributed by atoms with Crippen molar-refractivity contribution >= 4 is 40.0 Å². The van der Waals surface area contributed by atoms with Crippen molar-refractivity contribution < 1.29 is 14.3 Å². The van der Waals surface area contributed by atoms with Crippen molar-refractivity contribution in [3.63, 3.8) is 0 Å². The van der Waals surface area contributed by atoms with E-state index in [9.17, 15) is 9.59 Å². The van der Waals surface area contributed by atoms with Gasteiger partial charge < -0.3 is 19.9 Å². The van der Waals surface area contributed by atoms with Crippen LogP contribution in [-0.4, -0.2) is 44.4 Å². The number of thiazole rings is 1. The molecular weight excluding hydrogens is 472 g/mol. The lowest BCUT2D eigenvalue weighted by atomic mass is 10.2. The summed E-state index contributed by atoms with van der Waals surface area (Å²) < 4.78 is 6.86. The van der Waals surface area contributed by atoms with Gasteiger partial charge >= 0.3 is 0 Å². The minimum absolute atomic E-state index is 0.157. The Morgan fingerprint density at radius 2 is 1.85 bits per heavy atom. The Morgan fingerprint density at radius 3 is 2.59 bits per heavy atom. The molecule has 0 spiro atoms. The van der Waals surface area contributed by atoms with Gasteiger partial charge in [-0.15, -0.1) is 21.5 Å². The van der Waals surface area contributed by atoms with Gasteiger partial charge in [0.15, 0.2) is 16.1 Å². The van der Waals surface area contributed by atoms with Crippen LogP contribution in [0.2, 0.25) is 0 Å². The van der Waals surface area contributed by atoms with Crippen LogP contribution in [0, 0.1) is 0 Å². The summed E-state index contributed by atoms with van der Waals surface area (Å²) in [7, 11) is 3.37. The van der Waals surface area contributed by atoms with Crippen molar-refractivity contribution in [2.45, 2.75) is 11.7 Å². The fourth-order valence-electron chi connectivity index (χ4n) is 2.99. The van der Waals surface area contributed by atoms with Crippen LogP contribution >= 0.6 is 23.1 Å². The number of rotatable bonds is 9. The number of carbonyl (C=O) groups excluding carboxylic acids is 2. The van der Waals surface area contributed by atoms with Gasteiger partial charge in [-0.3, -0.25) is 9.59 Å². The fourth-order valence-corrected chi connectivity index (χ4v) is 4.45. The lowest BCUT2D eigenvalue weighted by Gasteiger charge is -2.07. The molecule has 2 N–H and O–H groups in total. The van der Waals surface area contributed by atoms with E-state index in [1.165, 1.54) is 23.1 Å². The molecule has 2 amide bonds. The Hall–Kier alpha value is -3.70. The number of nitrogens with zero attached hydrogens (tertiary/aromatic N) is 4. The van der Waals surface area contributed by atoms with E-state index in [0.29, 0.717) is 27.4 Å². The number of hydrogen-bond acceptors (Lipinski definition) is 8. The molecule has 174 valence electrons. The third-order valence-corrected chi connectivity index (χ3v) is 6.61. The quantitative estimate of drug-likeness (QED) is 0.342. The monoisotopic (exact) mass is 494 g/mol. The van der Waals surface area contributed by atoms with E-state index >= 15 is 0 Å². The minimum Gasteiger partial charge on any atom is -0.497 e. The van der Waals surface area contributed by atoms with Crippen LogP contribution in [0.5, 0.6) is 5.75 Å². The van der Waals surface area contributed by atoms with Gasteiger partial charge in [0.1, 0.15) is 5.75 Å². The summed E-state index contributed by atoms with van der Waals surface area (Å²) in [4.78, 5) is 29.2. The molecule has 4 aromatic rings. The first-order valence-corrected chi connectivity index (χ1v) is 12.1. The number of ether oxygens (including phenoxy) is 1. The summed E-state index contributed by atoms with van der Waals surface area (Å²) in [5, 5.41) is 16.9. The van der Waals surface area contributed by atoms with Crippen molar-refractivity contribution in [1.29, 1.82) is 0 Å². The molecule has 0 bridgehead atoms. The molecule has 0 saturated heterocycles. The van der Waals surface area contributed by atoms with Crippen LogP contribution < -0.4 is 15.4 Å². The molecule has 11 heteroatoms. The van der Waals surface area contributed by atoms with Crippen LogP contribution in [0.3, 0.4) is 0 Å². The van der Waals surface area contributed by atoms with Crippen molar-refractivity contribution in [2.75, 3.05) is 18.2 Å². The number of nitrogens with one attached hydrogen (secondary N) is 2. The normalized spacial score (nSPS) is 10.6. The molecule has 0 atom stereocenters. The molecule has 0 aliphatic carbocycles. The minimum atomic E-state index is -0.224. The van der Waals surface area contributed by atoms with Crippen LogP contribution in [0.25, 0.3) is 11.3 Å². The van der Waals surface area contributed by atoms with E-state index in [-0.39, 0.29) is 24.1 Å². The zero-order valence-electron chi connectivity index (χ0n) is 18.5. The number of methoxy groups -OCH3 is 1.